The van der Waals surface area contributed by atoms with Crippen molar-refractivity contribution in [1.82, 2.24) is 50.6 Å². The van der Waals surface area contributed by atoms with Crippen molar-refractivity contribution in [2.75, 3.05) is 40.3 Å². The molecule has 0 aliphatic carbocycles. The van der Waals surface area contributed by atoms with Crippen molar-refractivity contribution in [3.63, 3.8) is 0 Å². The summed E-state index contributed by atoms with van der Waals surface area (Å²) in [5, 5.41) is 11.8. The second kappa shape index (κ2) is 17.3. The van der Waals surface area contributed by atoms with Crippen LogP contribution in [0, 0.1) is 5.92 Å². The maximum Gasteiger partial charge on any atom is 0.271 e. The Morgan fingerprint density at radius 1 is 0.885 bits per heavy atom. The van der Waals surface area contributed by atoms with Gasteiger partial charge in [0.15, 0.2) is 0 Å². The van der Waals surface area contributed by atoms with Crippen LogP contribution >= 0.6 is 11.3 Å². The zero-order chi connectivity index (χ0) is 37.4. The average Bonchev–Trinajstić information content (AvgIpc) is 3.77. The van der Waals surface area contributed by atoms with Crippen LogP contribution in [0.1, 0.15) is 59.9 Å². The SMILES string of the molecule is CC(C)C[C@@H]1NC(=O)CN(Cc2cncnc2)CCN(C)C(=O)[C@H](C)NC(=O)CN(C)C(=O)[C@@H](Cc2c[nH]c3ccccc23)NC(=O)c2csc1n2. The third kappa shape index (κ3) is 9.97. The summed E-state index contributed by atoms with van der Waals surface area (Å²) < 4.78 is 0. The molecule has 4 N–H and O–H groups in total. The Balaban J connectivity index is 1.45. The van der Waals surface area contributed by atoms with E-state index in [1.807, 2.05) is 43.0 Å². The Labute approximate surface area is 306 Å². The highest BCUT2D eigenvalue weighted by atomic mass is 32.1. The van der Waals surface area contributed by atoms with Crippen LogP contribution in [0.15, 0.2) is 54.6 Å². The molecule has 1 aromatic carbocycles. The third-order valence-corrected chi connectivity index (χ3v) is 9.78. The Kier molecular flexibility index (Phi) is 12.7. The fourth-order valence-electron chi connectivity index (χ4n) is 6.16. The summed E-state index contributed by atoms with van der Waals surface area (Å²) in [6, 6.07) is 5.26. The van der Waals surface area contributed by atoms with Gasteiger partial charge in [0.1, 0.15) is 29.1 Å². The lowest BCUT2D eigenvalue weighted by molar-refractivity contribution is -0.138. The Morgan fingerprint density at radius 3 is 2.37 bits per heavy atom. The number of carbonyl (C=O) groups excluding carboxylic acids is 5. The van der Waals surface area contributed by atoms with Crippen molar-refractivity contribution >= 4 is 51.8 Å². The molecule has 52 heavy (non-hydrogen) atoms. The molecule has 15 nitrogen and oxygen atoms in total. The molecule has 0 saturated heterocycles. The average molecular weight is 731 g/mol. The van der Waals surface area contributed by atoms with Gasteiger partial charge in [-0.25, -0.2) is 15.0 Å². The van der Waals surface area contributed by atoms with Crippen LogP contribution in [0.2, 0.25) is 0 Å². The second-order valence-corrected chi connectivity index (χ2v) is 14.5. The lowest BCUT2D eigenvalue weighted by Gasteiger charge is -2.28. The number of thiazole rings is 1. The highest BCUT2D eigenvalue weighted by Crippen LogP contribution is 2.25. The van der Waals surface area contributed by atoms with Gasteiger partial charge in [0, 0.05) is 80.6 Å². The number of aromatic nitrogens is 4. The maximum atomic E-state index is 13.9. The number of hydrogen-bond acceptors (Lipinski definition) is 10. The Morgan fingerprint density at radius 2 is 1.62 bits per heavy atom. The monoisotopic (exact) mass is 730 g/mol. The van der Waals surface area contributed by atoms with Crippen molar-refractivity contribution in [3.05, 3.63) is 76.4 Å². The summed E-state index contributed by atoms with van der Waals surface area (Å²) >= 11 is 1.26. The number of nitrogens with zero attached hydrogens (tertiary/aromatic N) is 6. The van der Waals surface area contributed by atoms with E-state index in [0.29, 0.717) is 24.5 Å². The minimum absolute atomic E-state index is 0.0144. The lowest BCUT2D eigenvalue weighted by atomic mass is 10.0. The molecule has 3 atom stereocenters. The number of benzene rings is 1. The zero-order valence-corrected chi connectivity index (χ0v) is 30.9. The van der Waals surface area contributed by atoms with Crippen molar-refractivity contribution in [2.45, 2.75) is 58.3 Å². The van der Waals surface area contributed by atoms with Gasteiger partial charge in [0.05, 0.1) is 19.1 Å². The molecular weight excluding hydrogens is 685 g/mol. The van der Waals surface area contributed by atoms with Gasteiger partial charge >= 0.3 is 0 Å². The number of amides is 5. The molecule has 3 aromatic heterocycles. The molecule has 4 heterocycles. The molecule has 0 fully saturated rings. The Hall–Kier alpha value is -5.22. The predicted octanol–water partition coefficient (Wildman–Crippen LogP) is 1.90. The van der Waals surface area contributed by atoms with E-state index in [0.717, 1.165) is 22.0 Å². The minimum Gasteiger partial charge on any atom is -0.361 e. The molecule has 0 radical (unpaired) electrons. The van der Waals surface area contributed by atoms with Crippen molar-refractivity contribution in [2.24, 2.45) is 5.92 Å². The quantitative estimate of drug-likeness (QED) is 0.230. The van der Waals surface area contributed by atoms with Crippen LogP contribution in [0.5, 0.6) is 0 Å². The number of para-hydroxylation sites is 1. The molecule has 5 rings (SSSR count). The number of H-pyrrole nitrogens is 1. The van der Waals surface area contributed by atoms with E-state index in [1.54, 1.807) is 37.9 Å². The highest BCUT2D eigenvalue weighted by molar-refractivity contribution is 7.09. The van der Waals surface area contributed by atoms with Gasteiger partial charge in [-0.2, -0.15) is 0 Å². The van der Waals surface area contributed by atoms with Gasteiger partial charge in [-0.1, -0.05) is 32.0 Å². The normalized spacial score (nSPS) is 20.8. The molecule has 1 aliphatic heterocycles. The predicted molar refractivity (Wildman–Crippen MR) is 196 cm³/mol. The molecule has 2 bridgehead atoms. The van der Waals surface area contributed by atoms with Crippen LogP contribution in [0.25, 0.3) is 10.9 Å². The number of likely N-dealkylation sites (N-methyl/N-ethyl adjacent to an activating group) is 2. The summed E-state index contributed by atoms with van der Waals surface area (Å²) in [7, 11) is 3.12. The number of rotatable bonds is 6. The molecule has 0 unspecified atom stereocenters. The van der Waals surface area contributed by atoms with E-state index in [-0.39, 0.29) is 49.5 Å². The van der Waals surface area contributed by atoms with E-state index in [1.165, 1.54) is 34.5 Å². The number of carbonyl (C=O) groups is 5. The minimum atomic E-state index is -1.04. The highest BCUT2D eigenvalue weighted by Gasteiger charge is 2.30. The number of hydrogen-bond donors (Lipinski definition) is 4. The molecule has 1 aliphatic rings. The molecule has 4 aromatic rings. The molecule has 0 saturated carbocycles. The first-order valence-electron chi connectivity index (χ1n) is 17.2. The molecule has 0 spiro atoms. The first-order chi connectivity index (χ1) is 24.9. The topological polar surface area (TPSA) is 186 Å². The summed E-state index contributed by atoms with van der Waals surface area (Å²) in [5.74, 6) is -1.96. The standard InChI is InChI=1S/C36H46N10O5S/c1-22(2)12-28-34-43-30(20-52-34)33(49)42-29(13-25-16-39-27-9-7-6-8-26(25)27)36(51)45(5)18-31(47)40-23(3)35(50)44(4)10-11-46(19-32(48)41-28)17-24-14-37-21-38-15-24/h6-9,14-16,20-23,28-29,39H,10-13,17-19H2,1-5H3,(H,40,47)(H,41,48)(H,42,49)/t23-,28-,29+/m0/s1. The van der Waals surface area contributed by atoms with Crippen LogP contribution < -0.4 is 16.0 Å². The number of nitrogens with one attached hydrogen (secondary N) is 4. The molecule has 276 valence electrons. The largest absolute Gasteiger partial charge is 0.361 e. The summed E-state index contributed by atoms with van der Waals surface area (Å²) in [6.07, 6.45) is 7.31. The third-order valence-electron chi connectivity index (χ3n) is 8.82. The summed E-state index contributed by atoms with van der Waals surface area (Å²) in [5.41, 5.74) is 2.61. The van der Waals surface area contributed by atoms with Gasteiger partial charge < -0.3 is 30.7 Å². The van der Waals surface area contributed by atoms with Crippen LogP contribution in [0.3, 0.4) is 0 Å². The van der Waals surface area contributed by atoms with Crippen molar-refractivity contribution in [1.29, 1.82) is 0 Å². The van der Waals surface area contributed by atoms with Gasteiger partial charge in [-0.3, -0.25) is 28.9 Å². The van der Waals surface area contributed by atoms with E-state index < -0.39 is 35.8 Å². The van der Waals surface area contributed by atoms with Crippen LogP contribution in [-0.2, 0) is 32.1 Å². The van der Waals surface area contributed by atoms with E-state index in [4.69, 9.17) is 0 Å². The molecule has 5 amide bonds. The van der Waals surface area contributed by atoms with Crippen LogP contribution in [0.4, 0.5) is 0 Å². The van der Waals surface area contributed by atoms with E-state index in [9.17, 15) is 24.0 Å². The van der Waals surface area contributed by atoms with E-state index >= 15 is 0 Å². The zero-order valence-electron chi connectivity index (χ0n) is 30.1. The van der Waals surface area contributed by atoms with Crippen molar-refractivity contribution in [3.8, 4) is 0 Å². The van der Waals surface area contributed by atoms with Gasteiger partial charge in [-0.05, 0) is 30.9 Å². The molecule has 16 heteroatoms. The van der Waals surface area contributed by atoms with Crippen LogP contribution in [-0.4, -0.2) is 117 Å². The fraction of sp³-hybridized carbons (Fsp3) is 0.444. The number of aromatic amines is 1. The fourth-order valence-corrected chi connectivity index (χ4v) is 7.03. The van der Waals surface area contributed by atoms with Gasteiger partial charge in [-0.15, -0.1) is 11.3 Å². The first kappa shape index (κ1) is 38.0. The van der Waals surface area contributed by atoms with Gasteiger partial charge in [0.25, 0.3) is 5.91 Å². The van der Waals surface area contributed by atoms with Crippen molar-refractivity contribution < 1.29 is 24.0 Å². The smallest absolute Gasteiger partial charge is 0.271 e. The number of fused-ring (bicyclic) bond motifs is 3. The van der Waals surface area contributed by atoms with Gasteiger partial charge in [0.2, 0.25) is 23.6 Å². The summed E-state index contributed by atoms with van der Waals surface area (Å²) in [6.45, 7) is 6.32. The first-order valence-corrected chi connectivity index (χ1v) is 18.1. The lowest BCUT2D eigenvalue weighted by Crippen LogP contribution is -2.53. The van der Waals surface area contributed by atoms with E-state index in [2.05, 4.69) is 35.9 Å². The second-order valence-electron chi connectivity index (χ2n) is 13.6. The summed E-state index contributed by atoms with van der Waals surface area (Å²) in [4.78, 5) is 88.3. The maximum absolute atomic E-state index is 13.9. The molecular formula is C36H46N10O5S. The Bertz CT molecular complexity index is 1880.